The smallest absolute Gasteiger partial charge is 0.140 e. The number of imidazole rings is 1. The first-order valence-corrected chi connectivity index (χ1v) is 8.47. The van der Waals surface area contributed by atoms with Gasteiger partial charge in [0.1, 0.15) is 5.82 Å². The van der Waals surface area contributed by atoms with E-state index in [-0.39, 0.29) is 0 Å². The Kier molecular flexibility index (Phi) is 3.95. The number of benzene rings is 3. The van der Waals surface area contributed by atoms with Gasteiger partial charge in [0.2, 0.25) is 0 Å². The molecule has 2 nitrogen and oxygen atoms in total. The van der Waals surface area contributed by atoms with Crippen molar-refractivity contribution in [1.82, 2.24) is 9.55 Å². The number of hydrogen-bond donors (Lipinski definition) is 0. The summed E-state index contributed by atoms with van der Waals surface area (Å²) in [6.45, 7) is 2.11. The molecule has 25 heavy (non-hydrogen) atoms. The van der Waals surface area contributed by atoms with Crippen LogP contribution in [0.15, 0.2) is 85.1 Å². The fraction of sp³-hybridized carbons (Fsp3) is 0.0870. The van der Waals surface area contributed by atoms with E-state index in [4.69, 9.17) is 0 Å². The predicted octanol–water partition coefficient (Wildman–Crippen LogP) is 5.73. The van der Waals surface area contributed by atoms with E-state index in [1.807, 2.05) is 12.3 Å². The lowest BCUT2D eigenvalue weighted by Crippen LogP contribution is -1.95. The minimum absolute atomic E-state index is 0.992. The van der Waals surface area contributed by atoms with Crippen molar-refractivity contribution < 1.29 is 0 Å². The Labute approximate surface area is 148 Å². The second kappa shape index (κ2) is 6.40. The van der Waals surface area contributed by atoms with Crippen molar-refractivity contribution in [2.75, 3.05) is 0 Å². The minimum Gasteiger partial charge on any atom is -0.327 e. The molecule has 3 aromatic carbocycles. The molecule has 0 saturated heterocycles. The standard InChI is InChI=1S/C23H20N2/c1-17-7-6-10-21(15-17)23-24-16-22(25(23)2)20-13-11-19(12-14-20)18-8-4-3-5-9-18/h3-16H,1-2H3. The first kappa shape index (κ1) is 15.4. The molecule has 1 aromatic heterocycles. The second-order valence-corrected chi connectivity index (χ2v) is 6.34. The van der Waals surface area contributed by atoms with Gasteiger partial charge >= 0.3 is 0 Å². The third-order valence-corrected chi connectivity index (χ3v) is 4.55. The summed E-state index contributed by atoms with van der Waals surface area (Å²) < 4.78 is 2.16. The predicted molar refractivity (Wildman–Crippen MR) is 104 cm³/mol. The van der Waals surface area contributed by atoms with Gasteiger partial charge < -0.3 is 4.57 Å². The van der Waals surface area contributed by atoms with Gasteiger partial charge in [0.05, 0.1) is 11.9 Å². The minimum atomic E-state index is 0.992. The summed E-state index contributed by atoms with van der Waals surface area (Å²) in [5.41, 5.74) is 7.15. The molecule has 2 heteroatoms. The van der Waals surface area contributed by atoms with E-state index in [1.54, 1.807) is 0 Å². The molecule has 0 fully saturated rings. The van der Waals surface area contributed by atoms with Crippen LogP contribution in [-0.4, -0.2) is 9.55 Å². The lowest BCUT2D eigenvalue weighted by molar-refractivity contribution is 0.932. The molecular weight excluding hydrogens is 304 g/mol. The lowest BCUT2D eigenvalue weighted by atomic mass is 10.0. The summed E-state index contributed by atoms with van der Waals surface area (Å²) in [6, 6.07) is 27.6. The maximum atomic E-state index is 4.65. The van der Waals surface area contributed by atoms with Crippen molar-refractivity contribution in [3.63, 3.8) is 0 Å². The Bertz CT molecular complexity index is 996. The second-order valence-electron chi connectivity index (χ2n) is 6.34. The Morgan fingerprint density at radius 1 is 0.680 bits per heavy atom. The van der Waals surface area contributed by atoms with Crippen LogP contribution in [0, 0.1) is 6.92 Å². The van der Waals surface area contributed by atoms with Crippen LogP contribution < -0.4 is 0 Å². The summed E-state index contributed by atoms with van der Waals surface area (Å²) in [5, 5.41) is 0. The van der Waals surface area contributed by atoms with E-state index in [9.17, 15) is 0 Å². The summed E-state index contributed by atoms with van der Waals surface area (Å²) in [4.78, 5) is 4.65. The molecule has 0 aliphatic carbocycles. The van der Waals surface area contributed by atoms with Crippen molar-refractivity contribution in [3.8, 4) is 33.8 Å². The van der Waals surface area contributed by atoms with Crippen LogP contribution in [0.3, 0.4) is 0 Å². The van der Waals surface area contributed by atoms with Crippen LogP contribution >= 0.6 is 0 Å². The Morgan fingerprint density at radius 3 is 2.04 bits per heavy atom. The Balaban J connectivity index is 1.69. The van der Waals surface area contributed by atoms with E-state index in [0.717, 1.165) is 17.1 Å². The van der Waals surface area contributed by atoms with Crippen LogP contribution in [-0.2, 0) is 7.05 Å². The number of aryl methyl sites for hydroxylation is 1. The maximum Gasteiger partial charge on any atom is 0.140 e. The number of nitrogens with zero attached hydrogens (tertiary/aromatic N) is 2. The number of hydrogen-bond acceptors (Lipinski definition) is 1. The molecule has 0 bridgehead atoms. The Hall–Kier alpha value is -3.13. The zero-order chi connectivity index (χ0) is 17.2. The maximum absolute atomic E-state index is 4.65. The highest BCUT2D eigenvalue weighted by molar-refractivity contribution is 5.70. The van der Waals surface area contributed by atoms with Crippen LogP contribution in [0.1, 0.15) is 5.56 Å². The van der Waals surface area contributed by atoms with Crippen molar-refractivity contribution in [2.24, 2.45) is 7.05 Å². The molecule has 0 unspecified atom stereocenters. The fourth-order valence-corrected chi connectivity index (χ4v) is 3.19. The molecular formula is C23H20N2. The summed E-state index contributed by atoms with van der Waals surface area (Å²) in [6.07, 6.45) is 1.95. The highest BCUT2D eigenvalue weighted by Crippen LogP contribution is 2.28. The molecule has 4 rings (SSSR count). The Morgan fingerprint density at radius 2 is 1.32 bits per heavy atom. The normalized spacial score (nSPS) is 10.8. The van der Waals surface area contributed by atoms with Crippen LogP contribution in [0.2, 0.25) is 0 Å². The molecule has 0 aliphatic heterocycles. The molecule has 0 N–H and O–H groups in total. The van der Waals surface area contributed by atoms with Gasteiger partial charge in [0.25, 0.3) is 0 Å². The van der Waals surface area contributed by atoms with Gasteiger partial charge in [0.15, 0.2) is 0 Å². The van der Waals surface area contributed by atoms with Gasteiger partial charge in [-0.25, -0.2) is 4.98 Å². The highest BCUT2D eigenvalue weighted by Gasteiger charge is 2.10. The molecule has 0 saturated carbocycles. The third kappa shape index (κ3) is 2.99. The van der Waals surface area contributed by atoms with E-state index in [1.165, 1.54) is 22.3 Å². The van der Waals surface area contributed by atoms with Gasteiger partial charge in [0, 0.05) is 12.6 Å². The lowest BCUT2D eigenvalue weighted by Gasteiger charge is -2.08. The highest BCUT2D eigenvalue weighted by atomic mass is 15.1. The first-order valence-electron chi connectivity index (χ1n) is 8.47. The zero-order valence-corrected chi connectivity index (χ0v) is 14.5. The SMILES string of the molecule is Cc1cccc(-c2ncc(-c3ccc(-c4ccccc4)cc3)n2C)c1. The summed E-state index contributed by atoms with van der Waals surface area (Å²) in [5.74, 6) is 0.992. The zero-order valence-electron chi connectivity index (χ0n) is 14.5. The third-order valence-electron chi connectivity index (χ3n) is 4.55. The monoisotopic (exact) mass is 324 g/mol. The molecule has 4 aromatic rings. The van der Waals surface area contributed by atoms with Crippen molar-refractivity contribution >= 4 is 0 Å². The van der Waals surface area contributed by atoms with Gasteiger partial charge in [-0.15, -0.1) is 0 Å². The molecule has 0 spiro atoms. The van der Waals surface area contributed by atoms with Crippen LogP contribution in [0.4, 0.5) is 0 Å². The topological polar surface area (TPSA) is 17.8 Å². The average Bonchev–Trinajstić information content (AvgIpc) is 3.04. The number of rotatable bonds is 3. The molecule has 0 aliphatic rings. The van der Waals surface area contributed by atoms with Crippen LogP contribution in [0.5, 0.6) is 0 Å². The fourth-order valence-electron chi connectivity index (χ4n) is 3.19. The van der Waals surface area contributed by atoms with Gasteiger partial charge in [-0.2, -0.15) is 0 Å². The van der Waals surface area contributed by atoms with E-state index < -0.39 is 0 Å². The molecule has 0 atom stereocenters. The van der Waals surface area contributed by atoms with E-state index >= 15 is 0 Å². The van der Waals surface area contributed by atoms with Gasteiger partial charge in [-0.1, -0.05) is 78.4 Å². The van der Waals surface area contributed by atoms with Gasteiger partial charge in [-0.05, 0) is 29.7 Å². The molecule has 122 valence electrons. The molecule has 1 heterocycles. The largest absolute Gasteiger partial charge is 0.327 e. The average molecular weight is 324 g/mol. The first-order chi connectivity index (χ1) is 12.2. The van der Waals surface area contributed by atoms with Crippen LogP contribution in [0.25, 0.3) is 33.8 Å². The summed E-state index contributed by atoms with van der Waals surface area (Å²) in [7, 11) is 2.07. The molecule has 0 radical (unpaired) electrons. The van der Waals surface area contributed by atoms with Gasteiger partial charge in [-0.3, -0.25) is 0 Å². The van der Waals surface area contributed by atoms with E-state index in [2.05, 4.69) is 96.3 Å². The van der Waals surface area contributed by atoms with Crippen molar-refractivity contribution in [2.45, 2.75) is 6.92 Å². The van der Waals surface area contributed by atoms with Crippen molar-refractivity contribution in [1.29, 1.82) is 0 Å². The van der Waals surface area contributed by atoms with E-state index in [0.29, 0.717) is 0 Å². The summed E-state index contributed by atoms with van der Waals surface area (Å²) >= 11 is 0. The van der Waals surface area contributed by atoms with Crippen molar-refractivity contribution in [3.05, 3.63) is 90.6 Å². The quantitative estimate of drug-likeness (QED) is 0.470. The molecule has 0 amide bonds. The number of aromatic nitrogens is 2.